The number of fused-ring (bicyclic) bond motifs is 1. The lowest BCUT2D eigenvalue weighted by Gasteiger charge is -2.29. The van der Waals surface area contributed by atoms with Crippen LogP contribution in [0.3, 0.4) is 0 Å². The van der Waals surface area contributed by atoms with Crippen LogP contribution in [-0.4, -0.2) is 28.5 Å². The van der Waals surface area contributed by atoms with Crippen LogP contribution in [0.4, 0.5) is 17.3 Å². The van der Waals surface area contributed by atoms with Gasteiger partial charge in [-0.05, 0) is 50.5 Å². The number of anilines is 3. The van der Waals surface area contributed by atoms with Crippen LogP contribution in [0, 0.1) is 0 Å². The van der Waals surface area contributed by atoms with Crippen molar-refractivity contribution in [3.63, 3.8) is 0 Å². The van der Waals surface area contributed by atoms with Gasteiger partial charge in [-0.2, -0.15) is 0 Å². The summed E-state index contributed by atoms with van der Waals surface area (Å²) < 4.78 is 5.81. The van der Waals surface area contributed by atoms with Crippen LogP contribution >= 0.6 is 0 Å². The third-order valence-electron chi connectivity index (χ3n) is 4.75. The van der Waals surface area contributed by atoms with Crippen molar-refractivity contribution in [3.05, 3.63) is 72.1 Å². The van der Waals surface area contributed by atoms with Gasteiger partial charge in [0.1, 0.15) is 5.75 Å². The van der Waals surface area contributed by atoms with E-state index >= 15 is 0 Å². The smallest absolute Gasteiger partial charge is 0.261 e. The summed E-state index contributed by atoms with van der Waals surface area (Å²) in [6, 6.07) is 15.7. The van der Waals surface area contributed by atoms with Gasteiger partial charge in [0, 0.05) is 24.6 Å². The van der Waals surface area contributed by atoms with Crippen molar-refractivity contribution < 1.29 is 9.53 Å². The molecule has 0 fully saturated rings. The molecule has 148 valence electrons. The van der Waals surface area contributed by atoms with E-state index in [-0.39, 0.29) is 12.0 Å². The molecule has 4 rings (SSSR count). The van der Waals surface area contributed by atoms with E-state index in [9.17, 15) is 4.79 Å². The first-order valence-corrected chi connectivity index (χ1v) is 9.86. The van der Waals surface area contributed by atoms with E-state index in [0.29, 0.717) is 18.1 Å². The number of carbonyl (C=O) groups excluding carboxylic acids is 1. The molecule has 2 heterocycles. The zero-order chi connectivity index (χ0) is 20.2. The SMILES string of the molecule is CC(C)Oc1ccccc1Nc1ncc(C(=O)N2CCCc3ccccc32)cn1. The summed E-state index contributed by atoms with van der Waals surface area (Å²) in [5.74, 6) is 1.07. The van der Waals surface area contributed by atoms with Gasteiger partial charge in [0.05, 0.1) is 17.4 Å². The van der Waals surface area contributed by atoms with Crippen LogP contribution in [0.1, 0.15) is 36.2 Å². The second kappa shape index (κ2) is 8.31. The molecule has 1 amide bonds. The molecular weight excluding hydrogens is 364 g/mol. The van der Waals surface area contributed by atoms with E-state index in [2.05, 4.69) is 21.4 Å². The van der Waals surface area contributed by atoms with Crippen molar-refractivity contribution in [2.75, 3.05) is 16.8 Å². The maximum atomic E-state index is 13.0. The summed E-state index contributed by atoms with van der Waals surface area (Å²) in [6.07, 6.45) is 5.15. The minimum atomic E-state index is -0.0766. The fraction of sp³-hybridized carbons (Fsp3) is 0.261. The van der Waals surface area contributed by atoms with Crippen molar-refractivity contribution >= 4 is 23.2 Å². The maximum Gasteiger partial charge on any atom is 0.261 e. The second-order valence-corrected chi connectivity index (χ2v) is 7.27. The van der Waals surface area contributed by atoms with Gasteiger partial charge >= 0.3 is 0 Å². The van der Waals surface area contributed by atoms with Gasteiger partial charge in [-0.1, -0.05) is 30.3 Å². The average molecular weight is 388 g/mol. The fourth-order valence-corrected chi connectivity index (χ4v) is 3.45. The van der Waals surface area contributed by atoms with Gasteiger partial charge in [-0.25, -0.2) is 9.97 Å². The van der Waals surface area contributed by atoms with E-state index < -0.39 is 0 Å². The first kappa shape index (κ1) is 18.9. The molecule has 1 aliphatic heterocycles. The van der Waals surface area contributed by atoms with Crippen LogP contribution < -0.4 is 15.0 Å². The van der Waals surface area contributed by atoms with Crippen LogP contribution in [0.25, 0.3) is 0 Å². The normalized spacial score (nSPS) is 13.1. The predicted octanol–water partition coefficient (Wildman–Crippen LogP) is 4.60. The number of aryl methyl sites for hydroxylation is 1. The average Bonchev–Trinajstić information content (AvgIpc) is 2.74. The van der Waals surface area contributed by atoms with Crippen LogP contribution in [0.2, 0.25) is 0 Å². The molecule has 6 heteroatoms. The van der Waals surface area contributed by atoms with Gasteiger partial charge in [0.2, 0.25) is 5.95 Å². The van der Waals surface area contributed by atoms with Crippen LogP contribution in [0.15, 0.2) is 60.9 Å². The molecule has 0 saturated heterocycles. The van der Waals surface area contributed by atoms with Gasteiger partial charge in [0.25, 0.3) is 5.91 Å². The number of nitrogens with one attached hydrogen (secondary N) is 1. The highest BCUT2D eigenvalue weighted by atomic mass is 16.5. The minimum absolute atomic E-state index is 0.0614. The summed E-state index contributed by atoms with van der Waals surface area (Å²) in [7, 11) is 0. The highest BCUT2D eigenvalue weighted by molar-refractivity contribution is 6.06. The van der Waals surface area contributed by atoms with Gasteiger partial charge in [0.15, 0.2) is 0 Å². The van der Waals surface area contributed by atoms with E-state index in [1.165, 1.54) is 5.56 Å². The Hall–Kier alpha value is -3.41. The Morgan fingerprint density at radius 3 is 2.59 bits per heavy atom. The Bertz CT molecular complexity index is 1000. The van der Waals surface area contributed by atoms with Crippen molar-refractivity contribution in [3.8, 4) is 5.75 Å². The molecule has 0 saturated carbocycles. The lowest BCUT2D eigenvalue weighted by atomic mass is 10.0. The number of ether oxygens (including phenoxy) is 1. The molecule has 0 spiro atoms. The topological polar surface area (TPSA) is 67.3 Å². The van der Waals surface area contributed by atoms with E-state index in [0.717, 1.165) is 30.0 Å². The summed E-state index contributed by atoms with van der Waals surface area (Å²) in [4.78, 5) is 23.5. The summed E-state index contributed by atoms with van der Waals surface area (Å²) in [5.41, 5.74) is 3.43. The summed E-state index contributed by atoms with van der Waals surface area (Å²) in [6.45, 7) is 4.66. The second-order valence-electron chi connectivity index (χ2n) is 7.27. The number of para-hydroxylation sites is 3. The summed E-state index contributed by atoms with van der Waals surface area (Å²) in [5, 5.41) is 3.17. The summed E-state index contributed by atoms with van der Waals surface area (Å²) >= 11 is 0. The first-order chi connectivity index (χ1) is 14.1. The van der Waals surface area contributed by atoms with Crippen molar-refractivity contribution in [2.45, 2.75) is 32.8 Å². The lowest BCUT2D eigenvalue weighted by molar-refractivity contribution is 0.0984. The zero-order valence-electron chi connectivity index (χ0n) is 16.6. The molecule has 1 aliphatic rings. The number of aromatic nitrogens is 2. The van der Waals surface area contributed by atoms with E-state index in [1.54, 1.807) is 12.4 Å². The Morgan fingerprint density at radius 2 is 1.79 bits per heavy atom. The number of hydrogen-bond donors (Lipinski definition) is 1. The van der Waals surface area contributed by atoms with Gasteiger partial charge in [-0.15, -0.1) is 0 Å². The standard InChI is InChI=1S/C23H24N4O2/c1-16(2)29-21-12-6-4-10-19(21)26-23-24-14-18(15-25-23)22(28)27-13-7-9-17-8-3-5-11-20(17)27/h3-6,8,10-12,14-16H,7,9,13H2,1-2H3,(H,24,25,26). The predicted molar refractivity (Wildman–Crippen MR) is 114 cm³/mol. The Kier molecular flexibility index (Phi) is 5.42. The zero-order valence-corrected chi connectivity index (χ0v) is 16.6. The van der Waals surface area contributed by atoms with E-state index in [4.69, 9.17) is 4.74 Å². The maximum absolute atomic E-state index is 13.0. The Morgan fingerprint density at radius 1 is 1.07 bits per heavy atom. The monoisotopic (exact) mass is 388 g/mol. The van der Waals surface area contributed by atoms with Crippen molar-refractivity contribution in [1.82, 2.24) is 9.97 Å². The lowest BCUT2D eigenvalue weighted by Crippen LogP contribution is -2.35. The Labute approximate surface area is 170 Å². The number of rotatable bonds is 5. The molecular formula is C23H24N4O2. The molecule has 2 aromatic carbocycles. The molecule has 0 bridgehead atoms. The number of nitrogens with zero attached hydrogens (tertiary/aromatic N) is 3. The number of carbonyl (C=O) groups is 1. The molecule has 29 heavy (non-hydrogen) atoms. The third-order valence-corrected chi connectivity index (χ3v) is 4.75. The quantitative estimate of drug-likeness (QED) is 0.692. The van der Waals surface area contributed by atoms with E-state index in [1.807, 2.05) is 61.2 Å². The minimum Gasteiger partial charge on any atom is -0.489 e. The van der Waals surface area contributed by atoms with Crippen molar-refractivity contribution in [1.29, 1.82) is 0 Å². The van der Waals surface area contributed by atoms with Gasteiger partial charge in [-0.3, -0.25) is 4.79 Å². The largest absolute Gasteiger partial charge is 0.489 e. The molecule has 0 unspecified atom stereocenters. The highest BCUT2D eigenvalue weighted by Gasteiger charge is 2.23. The molecule has 1 N–H and O–H groups in total. The number of amides is 1. The Balaban J connectivity index is 1.51. The molecule has 0 atom stereocenters. The fourth-order valence-electron chi connectivity index (χ4n) is 3.45. The number of hydrogen-bond acceptors (Lipinski definition) is 5. The first-order valence-electron chi connectivity index (χ1n) is 9.86. The van der Waals surface area contributed by atoms with Gasteiger partial charge < -0.3 is 15.0 Å². The van der Waals surface area contributed by atoms with Crippen LogP contribution in [-0.2, 0) is 6.42 Å². The van der Waals surface area contributed by atoms with Crippen LogP contribution in [0.5, 0.6) is 5.75 Å². The third kappa shape index (κ3) is 4.21. The molecule has 6 nitrogen and oxygen atoms in total. The molecule has 3 aromatic rings. The number of benzene rings is 2. The van der Waals surface area contributed by atoms with Crippen molar-refractivity contribution in [2.24, 2.45) is 0 Å². The molecule has 0 aliphatic carbocycles. The molecule has 0 radical (unpaired) electrons. The highest BCUT2D eigenvalue weighted by Crippen LogP contribution is 2.29. The molecule has 1 aromatic heterocycles.